The van der Waals surface area contributed by atoms with E-state index in [0.29, 0.717) is 12.2 Å². The number of aromatic amines is 1. The number of pyridine rings is 2. The number of benzene rings is 5. The summed E-state index contributed by atoms with van der Waals surface area (Å²) in [6.45, 7) is 2.44. The van der Waals surface area contributed by atoms with E-state index in [1.807, 2.05) is 79.0 Å². The van der Waals surface area contributed by atoms with Gasteiger partial charge in [-0.25, -0.2) is 9.89 Å². The molecule has 0 fully saturated rings. The maximum absolute atomic E-state index is 13.7. The fourth-order valence-corrected chi connectivity index (χ4v) is 7.77. The van der Waals surface area contributed by atoms with Crippen LogP contribution in [-0.2, 0) is 29.7 Å². The Hall–Kier alpha value is -7.46. The zero-order valence-corrected chi connectivity index (χ0v) is 32.6. The van der Waals surface area contributed by atoms with E-state index in [2.05, 4.69) is 106 Å². The predicted octanol–water partition coefficient (Wildman–Crippen LogP) is 9.58. The standard InChI is InChI=1S/C49H42N6O4/c1-2-3-25-40-30-41(59-48(57)58-34-35-17-8-4-9-18-35)31-45(56)55(40)33-36-28-29-44(50-32-36)42-26-16-27-43(47-51-53-54-52-47)46(42)49(37-19-10-5-11-20-37,38-21-12-6-13-22-38)39-23-14-7-15-24-39/h4-24,26-32H,2-3,25,33-34H2,1H3,(H,51,52,53,54). The van der Waals surface area contributed by atoms with Gasteiger partial charge in [-0.2, -0.15) is 0 Å². The van der Waals surface area contributed by atoms with Crippen LogP contribution >= 0.6 is 0 Å². The van der Waals surface area contributed by atoms with Crippen LogP contribution < -0.4 is 10.3 Å². The van der Waals surface area contributed by atoms with Gasteiger partial charge < -0.3 is 14.0 Å². The minimum atomic E-state index is -0.869. The molecule has 0 unspecified atom stereocenters. The average molecular weight is 779 g/mol. The Bertz CT molecular complexity index is 2570. The molecular formula is C49H42N6O4. The van der Waals surface area contributed by atoms with Crippen molar-refractivity contribution in [2.75, 3.05) is 0 Å². The fraction of sp³-hybridized carbons (Fsp3) is 0.143. The highest BCUT2D eigenvalue weighted by Crippen LogP contribution is 2.51. The Labute approximate surface area is 342 Å². The third-order valence-corrected chi connectivity index (χ3v) is 10.5. The summed E-state index contributed by atoms with van der Waals surface area (Å²) < 4.78 is 12.5. The van der Waals surface area contributed by atoms with Crippen molar-refractivity contribution in [3.63, 3.8) is 0 Å². The molecule has 0 spiro atoms. The lowest BCUT2D eigenvalue weighted by molar-refractivity contribution is 0.0926. The Morgan fingerprint density at radius 1 is 0.712 bits per heavy atom. The van der Waals surface area contributed by atoms with Crippen LogP contribution in [0.1, 0.15) is 58.8 Å². The van der Waals surface area contributed by atoms with Crippen molar-refractivity contribution in [1.82, 2.24) is 30.2 Å². The van der Waals surface area contributed by atoms with Crippen LogP contribution in [0.2, 0.25) is 0 Å². The molecule has 292 valence electrons. The molecule has 10 heteroatoms. The van der Waals surface area contributed by atoms with Gasteiger partial charge in [0.05, 0.1) is 17.7 Å². The molecule has 8 aromatic rings. The zero-order chi connectivity index (χ0) is 40.4. The van der Waals surface area contributed by atoms with Gasteiger partial charge in [-0.05, 0) is 62.7 Å². The monoisotopic (exact) mass is 778 g/mol. The summed E-state index contributed by atoms with van der Waals surface area (Å²) in [6.07, 6.45) is 3.35. The van der Waals surface area contributed by atoms with E-state index in [-0.39, 0.29) is 24.5 Å². The maximum Gasteiger partial charge on any atom is 0.514 e. The number of rotatable bonds is 14. The molecule has 0 saturated heterocycles. The molecule has 0 atom stereocenters. The first-order chi connectivity index (χ1) is 29.0. The molecule has 3 aromatic heterocycles. The van der Waals surface area contributed by atoms with Crippen molar-refractivity contribution in [2.45, 2.75) is 44.8 Å². The molecule has 0 radical (unpaired) electrons. The lowest BCUT2D eigenvalue weighted by Gasteiger charge is -2.39. The summed E-state index contributed by atoms with van der Waals surface area (Å²) in [5, 5.41) is 15.4. The Morgan fingerprint density at radius 2 is 1.34 bits per heavy atom. The first-order valence-electron chi connectivity index (χ1n) is 19.7. The van der Waals surface area contributed by atoms with Gasteiger partial charge in [0.25, 0.3) is 5.56 Å². The number of tetrazole rings is 1. The second-order valence-corrected chi connectivity index (χ2v) is 14.2. The first-order valence-corrected chi connectivity index (χ1v) is 19.7. The summed E-state index contributed by atoms with van der Waals surface area (Å²) in [7, 11) is 0. The molecule has 10 nitrogen and oxygen atoms in total. The number of hydrogen-bond donors (Lipinski definition) is 1. The summed E-state index contributed by atoms with van der Waals surface area (Å²) in [4.78, 5) is 31.4. The number of hydrogen-bond acceptors (Lipinski definition) is 8. The maximum atomic E-state index is 13.7. The van der Waals surface area contributed by atoms with Crippen molar-refractivity contribution in [3.8, 4) is 28.4 Å². The van der Waals surface area contributed by atoms with Gasteiger partial charge in [0.2, 0.25) is 0 Å². The number of nitrogens with one attached hydrogen (secondary N) is 1. The number of aromatic nitrogens is 6. The van der Waals surface area contributed by atoms with Crippen molar-refractivity contribution in [2.24, 2.45) is 0 Å². The van der Waals surface area contributed by atoms with E-state index in [1.54, 1.807) is 10.6 Å². The fourth-order valence-electron chi connectivity index (χ4n) is 7.77. The molecule has 0 aliphatic heterocycles. The molecular weight excluding hydrogens is 737 g/mol. The third-order valence-electron chi connectivity index (χ3n) is 10.5. The minimum absolute atomic E-state index is 0.0667. The number of unbranched alkanes of at least 4 members (excludes halogenated alkanes) is 1. The van der Waals surface area contributed by atoms with Crippen LogP contribution in [0.5, 0.6) is 5.75 Å². The number of carbonyl (C=O) groups is 1. The topological polar surface area (TPSA) is 125 Å². The van der Waals surface area contributed by atoms with Crippen LogP contribution in [0.25, 0.3) is 22.6 Å². The van der Waals surface area contributed by atoms with E-state index in [4.69, 9.17) is 14.5 Å². The third kappa shape index (κ3) is 8.20. The molecule has 0 saturated carbocycles. The Balaban J connectivity index is 1.19. The molecule has 0 aliphatic rings. The molecule has 8 rings (SSSR count). The summed E-state index contributed by atoms with van der Waals surface area (Å²) in [5.41, 5.74) is 7.90. The average Bonchev–Trinajstić information content (AvgIpc) is 3.83. The van der Waals surface area contributed by atoms with Crippen LogP contribution in [0, 0.1) is 0 Å². The van der Waals surface area contributed by atoms with Gasteiger partial charge in [0, 0.05) is 35.2 Å². The van der Waals surface area contributed by atoms with Gasteiger partial charge in [-0.15, -0.1) is 5.10 Å². The van der Waals surface area contributed by atoms with E-state index >= 15 is 0 Å². The summed E-state index contributed by atoms with van der Waals surface area (Å²) >= 11 is 0. The molecule has 0 amide bonds. The van der Waals surface area contributed by atoms with Crippen molar-refractivity contribution in [3.05, 3.63) is 219 Å². The van der Waals surface area contributed by atoms with Gasteiger partial charge in [-0.3, -0.25) is 9.78 Å². The van der Waals surface area contributed by atoms with Crippen LogP contribution in [0.3, 0.4) is 0 Å². The Morgan fingerprint density at radius 3 is 1.92 bits per heavy atom. The highest BCUT2D eigenvalue weighted by atomic mass is 16.7. The van der Waals surface area contributed by atoms with Crippen molar-refractivity contribution in [1.29, 1.82) is 0 Å². The first kappa shape index (κ1) is 38.4. The van der Waals surface area contributed by atoms with E-state index in [1.165, 1.54) is 6.07 Å². The molecule has 5 aromatic carbocycles. The van der Waals surface area contributed by atoms with Crippen LogP contribution in [0.4, 0.5) is 4.79 Å². The molecule has 0 bridgehead atoms. The number of H-pyrrole nitrogens is 1. The highest BCUT2D eigenvalue weighted by molar-refractivity contribution is 5.81. The van der Waals surface area contributed by atoms with Crippen molar-refractivity contribution >= 4 is 6.16 Å². The summed E-state index contributed by atoms with van der Waals surface area (Å²) in [5.74, 6) is 0.679. The predicted molar refractivity (Wildman–Crippen MR) is 227 cm³/mol. The second kappa shape index (κ2) is 17.8. The van der Waals surface area contributed by atoms with E-state index in [0.717, 1.165) is 68.7 Å². The highest BCUT2D eigenvalue weighted by Gasteiger charge is 2.42. The van der Waals surface area contributed by atoms with Gasteiger partial charge in [0.15, 0.2) is 5.82 Å². The second-order valence-electron chi connectivity index (χ2n) is 14.2. The number of nitrogens with zero attached hydrogens (tertiary/aromatic N) is 5. The number of carbonyl (C=O) groups excluding carboxylic acids is 1. The van der Waals surface area contributed by atoms with E-state index in [9.17, 15) is 9.59 Å². The largest absolute Gasteiger partial charge is 0.514 e. The van der Waals surface area contributed by atoms with Crippen LogP contribution in [0.15, 0.2) is 175 Å². The van der Waals surface area contributed by atoms with Gasteiger partial charge >= 0.3 is 6.16 Å². The van der Waals surface area contributed by atoms with Gasteiger partial charge in [0.1, 0.15) is 12.4 Å². The lowest BCUT2D eigenvalue weighted by atomic mass is 9.62. The molecule has 0 aliphatic carbocycles. The SMILES string of the molecule is CCCCc1cc(OC(=O)OCc2ccccc2)cc(=O)n1Cc1ccc(-c2cccc(-c3nnn[nH]3)c2C(c2ccccc2)(c2ccccc2)c2ccccc2)nc1. The smallest absolute Gasteiger partial charge is 0.429 e. The van der Waals surface area contributed by atoms with Gasteiger partial charge in [-0.1, -0.05) is 159 Å². The quantitative estimate of drug-likeness (QED) is 0.0855. The number of aryl methyl sites for hydroxylation is 1. The molecule has 59 heavy (non-hydrogen) atoms. The zero-order valence-electron chi connectivity index (χ0n) is 32.6. The Kier molecular flexibility index (Phi) is 11.6. The molecule has 1 N–H and O–H groups in total. The van der Waals surface area contributed by atoms with Crippen LogP contribution in [-0.4, -0.2) is 36.3 Å². The number of ether oxygens (including phenoxy) is 2. The lowest BCUT2D eigenvalue weighted by Crippen LogP contribution is -2.32. The van der Waals surface area contributed by atoms with Crippen molar-refractivity contribution < 1.29 is 14.3 Å². The van der Waals surface area contributed by atoms with E-state index < -0.39 is 11.6 Å². The normalized spacial score (nSPS) is 11.3. The molecule has 3 heterocycles. The summed E-state index contributed by atoms with van der Waals surface area (Å²) in [6, 6.07) is 54.0. The minimum Gasteiger partial charge on any atom is -0.429 e.